The molecule has 2 aromatic carbocycles. The van der Waals surface area contributed by atoms with E-state index < -0.39 is 11.6 Å². The fourth-order valence-electron chi connectivity index (χ4n) is 1.46. The minimum Gasteiger partial charge on any atom is -0.397 e. The van der Waals surface area contributed by atoms with Gasteiger partial charge in [0, 0.05) is 11.8 Å². The summed E-state index contributed by atoms with van der Waals surface area (Å²) in [6, 6.07) is 6.49. The Labute approximate surface area is 107 Å². The van der Waals surface area contributed by atoms with E-state index in [0.717, 1.165) is 12.1 Å². The molecule has 0 aromatic heterocycles. The number of hydrogen-bond acceptors (Lipinski definition) is 3. The Bertz CT molecular complexity index is 579. The van der Waals surface area contributed by atoms with Gasteiger partial charge in [-0.25, -0.2) is 8.78 Å². The molecule has 3 nitrogen and oxygen atoms in total. The third-order valence-electron chi connectivity index (χ3n) is 2.36. The number of anilines is 4. The minimum atomic E-state index is -0.782. The molecule has 2 rings (SSSR count). The highest BCUT2D eigenvalue weighted by atomic mass is 35.5. The maximum Gasteiger partial charge on any atom is 0.151 e. The van der Waals surface area contributed by atoms with Crippen LogP contribution in [0.3, 0.4) is 0 Å². The molecular weight excluding hydrogens is 260 g/mol. The Kier molecular flexibility index (Phi) is 3.25. The summed E-state index contributed by atoms with van der Waals surface area (Å²) in [7, 11) is 0. The van der Waals surface area contributed by atoms with Crippen molar-refractivity contribution in [3.63, 3.8) is 0 Å². The van der Waals surface area contributed by atoms with E-state index in [9.17, 15) is 8.78 Å². The highest BCUT2D eigenvalue weighted by molar-refractivity contribution is 6.33. The van der Waals surface area contributed by atoms with Crippen LogP contribution in [0.15, 0.2) is 30.3 Å². The number of nitrogens with two attached hydrogens (primary N) is 2. The molecule has 0 radical (unpaired) electrons. The van der Waals surface area contributed by atoms with E-state index >= 15 is 0 Å². The highest BCUT2D eigenvalue weighted by Crippen LogP contribution is 2.30. The monoisotopic (exact) mass is 269 g/mol. The standard InChI is InChI=1S/C12H10ClF2N3/c13-8-3-6(14)4-9(15)12(8)18-7-1-2-10(16)11(17)5-7/h1-5,18H,16-17H2. The van der Waals surface area contributed by atoms with Crippen molar-refractivity contribution in [2.45, 2.75) is 0 Å². The van der Waals surface area contributed by atoms with E-state index in [1.807, 2.05) is 0 Å². The Balaban J connectivity index is 2.37. The summed E-state index contributed by atoms with van der Waals surface area (Å²) < 4.78 is 26.4. The van der Waals surface area contributed by atoms with E-state index in [-0.39, 0.29) is 10.7 Å². The maximum absolute atomic E-state index is 13.5. The van der Waals surface area contributed by atoms with Gasteiger partial charge in [-0.15, -0.1) is 0 Å². The van der Waals surface area contributed by atoms with Crippen LogP contribution in [0.4, 0.5) is 31.5 Å². The Morgan fingerprint density at radius 1 is 1.00 bits per heavy atom. The summed E-state index contributed by atoms with van der Waals surface area (Å²) in [6.07, 6.45) is 0. The van der Waals surface area contributed by atoms with Gasteiger partial charge in [-0.2, -0.15) is 0 Å². The molecule has 0 bridgehead atoms. The van der Waals surface area contributed by atoms with Crippen LogP contribution in [0, 0.1) is 11.6 Å². The number of halogens is 3. The van der Waals surface area contributed by atoms with Gasteiger partial charge in [-0.05, 0) is 24.3 Å². The maximum atomic E-state index is 13.5. The first-order chi connectivity index (χ1) is 8.47. The molecule has 18 heavy (non-hydrogen) atoms. The molecule has 6 heteroatoms. The lowest BCUT2D eigenvalue weighted by atomic mass is 10.2. The average molecular weight is 270 g/mol. The van der Waals surface area contributed by atoms with E-state index in [4.69, 9.17) is 23.1 Å². The van der Waals surface area contributed by atoms with Crippen LogP contribution in [-0.4, -0.2) is 0 Å². The molecule has 0 heterocycles. The molecule has 0 aliphatic carbocycles. The zero-order valence-electron chi connectivity index (χ0n) is 9.18. The van der Waals surface area contributed by atoms with Crippen LogP contribution in [0.25, 0.3) is 0 Å². The Hall–Kier alpha value is -2.01. The highest BCUT2D eigenvalue weighted by Gasteiger charge is 2.10. The van der Waals surface area contributed by atoms with E-state index in [2.05, 4.69) is 5.32 Å². The van der Waals surface area contributed by atoms with Crippen LogP contribution in [0.5, 0.6) is 0 Å². The van der Waals surface area contributed by atoms with Gasteiger partial charge in [0.2, 0.25) is 0 Å². The van der Waals surface area contributed by atoms with Crippen LogP contribution in [0.2, 0.25) is 5.02 Å². The van der Waals surface area contributed by atoms with Crippen molar-refractivity contribution in [1.29, 1.82) is 0 Å². The molecule has 0 amide bonds. The topological polar surface area (TPSA) is 64.1 Å². The molecule has 2 aromatic rings. The first kappa shape index (κ1) is 12.4. The molecule has 5 N–H and O–H groups in total. The van der Waals surface area contributed by atoms with E-state index in [0.29, 0.717) is 17.1 Å². The fraction of sp³-hybridized carbons (Fsp3) is 0. The van der Waals surface area contributed by atoms with Crippen LogP contribution in [-0.2, 0) is 0 Å². The largest absolute Gasteiger partial charge is 0.397 e. The van der Waals surface area contributed by atoms with Gasteiger partial charge < -0.3 is 16.8 Å². The van der Waals surface area contributed by atoms with Crippen LogP contribution >= 0.6 is 11.6 Å². The summed E-state index contributed by atoms with van der Waals surface area (Å²) in [6.45, 7) is 0. The predicted octanol–water partition coefficient (Wildman–Crippen LogP) is 3.53. The van der Waals surface area contributed by atoms with Gasteiger partial charge in [0.15, 0.2) is 5.82 Å². The number of benzene rings is 2. The first-order valence-electron chi connectivity index (χ1n) is 5.04. The zero-order chi connectivity index (χ0) is 13.3. The Morgan fingerprint density at radius 2 is 1.72 bits per heavy atom. The molecule has 0 saturated carbocycles. The lowest BCUT2D eigenvalue weighted by Crippen LogP contribution is -1.99. The van der Waals surface area contributed by atoms with Gasteiger partial charge in [0.1, 0.15) is 5.82 Å². The second kappa shape index (κ2) is 4.70. The van der Waals surface area contributed by atoms with Gasteiger partial charge in [0.05, 0.1) is 22.1 Å². The van der Waals surface area contributed by atoms with Crippen molar-refractivity contribution in [3.05, 3.63) is 47.0 Å². The van der Waals surface area contributed by atoms with Crippen LogP contribution < -0.4 is 16.8 Å². The molecule has 0 fully saturated rings. The molecule has 0 atom stereocenters. The lowest BCUT2D eigenvalue weighted by molar-refractivity contribution is 0.586. The van der Waals surface area contributed by atoms with Crippen molar-refractivity contribution >= 4 is 34.4 Å². The summed E-state index contributed by atoms with van der Waals surface area (Å²) >= 11 is 5.76. The predicted molar refractivity (Wildman–Crippen MR) is 69.9 cm³/mol. The summed E-state index contributed by atoms with van der Waals surface area (Å²) in [4.78, 5) is 0. The summed E-state index contributed by atoms with van der Waals surface area (Å²) in [5, 5.41) is 2.67. The normalized spacial score (nSPS) is 10.4. The van der Waals surface area contributed by atoms with Gasteiger partial charge in [0.25, 0.3) is 0 Å². The van der Waals surface area contributed by atoms with Crippen LogP contribution in [0.1, 0.15) is 0 Å². The third kappa shape index (κ3) is 2.46. The second-order valence-electron chi connectivity index (χ2n) is 3.71. The Morgan fingerprint density at radius 3 is 2.33 bits per heavy atom. The molecule has 94 valence electrons. The molecule has 0 aliphatic rings. The molecule has 0 aliphatic heterocycles. The molecular formula is C12H10ClF2N3. The lowest BCUT2D eigenvalue weighted by Gasteiger charge is -2.11. The number of nitrogen functional groups attached to an aromatic ring is 2. The summed E-state index contributed by atoms with van der Waals surface area (Å²) in [5.74, 6) is -1.52. The van der Waals surface area contributed by atoms with Gasteiger partial charge >= 0.3 is 0 Å². The quantitative estimate of drug-likeness (QED) is 0.731. The van der Waals surface area contributed by atoms with Crippen molar-refractivity contribution < 1.29 is 8.78 Å². The first-order valence-corrected chi connectivity index (χ1v) is 5.41. The smallest absolute Gasteiger partial charge is 0.151 e. The van der Waals surface area contributed by atoms with Gasteiger partial charge in [-0.3, -0.25) is 0 Å². The fourth-order valence-corrected chi connectivity index (χ4v) is 1.70. The minimum absolute atomic E-state index is 0.0118. The number of nitrogens with one attached hydrogen (secondary N) is 1. The van der Waals surface area contributed by atoms with Crippen molar-refractivity contribution in [2.75, 3.05) is 16.8 Å². The van der Waals surface area contributed by atoms with Crippen molar-refractivity contribution in [3.8, 4) is 0 Å². The average Bonchev–Trinajstić information content (AvgIpc) is 2.28. The third-order valence-corrected chi connectivity index (χ3v) is 2.66. The number of hydrogen-bond donors (Lipinski definition) is 3. The molecule has 0 spiro atoms. The molecule has 0 saturated heterocycles. The van der Waals surface area contributed by atoms with Crippen molar-refractivity contribution in [2.24, 2.45) is 0 Å². The van der Waals surface area contributed by atoms with Gasteiger partial charge in [-0.1, -0.05) is 11.6 Å². The van der Waals surface area contributed by atoms with Crippen molar-refractivity contribution in [1.82, 2.24) is 0 Å². The molecule has 0 unspecified atom stereocenters. The van der Waals surface area contributed by atoms with E-state index in [1.165, 1.54) is 6.07 Å². The summed E-state index contributed by atoms with van der Waals surface area (Å²) in [5.41, 5.74) is 12.5. The SMILES string of the molecule is Nc1ccc(Nc2c(F)cc(F)cc2Cl)cc1N. The second-order valence-corrected chi connectivity index (χ2v) is 4.12. The zero-order valence-corrected chi connectivity index (χ0v) is 9.93. The number of rotatable bonds is 2. The van der Waals surface area contributed by atoms with E-state index in [1.54, 1.807) is 12.1 Å².